The monoisotopic (exact) mass is 206 g/mol. The van der Waals surface area contributed by atoms with Crippen molar-refractivity contribution < 1.29 is 15.0 Å². The standard InChI is InChI=1S/C10H10N2O3/c13-8(10(14)15)5-9-11-6-3-1-2-4-7(6)12-9/h1-4,8,13H,5H2,(H,11,12)(H,14,15). The molecule has 1 aromatic carbocycles. The largest absolute Gasteiger partial charge is 0.479 e. The van der Waals surface area contributed by atoms with Gasteiger partial charge in [-0.25, -0.2) is 9.78 Å². The molecule has 0 fully saturated rings. The highest BCUT2D eigenvalue weighted by Crippen LogP contribution is 2.11. The third-order valence-corrected chi connectivity index (χ3v) is 2.11. The molecule has 2 rings (SSSR count). The minimum atomic E-state index is -1.41. The van der Waals surface area contributed by atoms with Crippen molar-refractivity contribution in [2.75, 3.05) is 0 Å². The number of aliphatic hydroxyl groups is 1. The maximum absolute atomic E-state index is 10.4. The van der Waals surface area contributed by atoms with Crippen LogP contribution in [-0.2, 0) is 11.2 Å². The second-order valence-electron chi connectivity index (χ2n) is 3.26. The Balaban J connectivity index is 2.26. The number of fused-ring (bicyclic) bond motifs is 1. The van der Waals surface area contributed by atoms with Crippen molar-refractivity contribution >= 4 is 17.0 Å². The van der Waals surface area contributed by atoms with Crippen LogP contribution in [0.5, 0.6) is 0 Å². The van der Waals surface area contributed by atoms with Crippen LogP contribution in [0.15, 0.2) is 24.3 Å². The molecule has 0 aliphatic carbocycles. The van der Waals surface area contributed by atoms with Crippen LogP contribution in [0.4, 0.5) is 0 Å². The minimum absolute atomic E-state index is 0.00991. The van der Waals surface area contributed by atoms with Crippen LogP contribution in [0.25, 0.3) is 11.0 Å². The van der Waals surface area contributed by atoms with E-state index >= 15 is 0 Å². The van der Waals surface area contributed by atoms with Crippen LogP contribution >= 0.6 is 0 Å². The van der Waals surface area contributed by atoms with E-state index in [0.29, 0.717) is 5.82 Å². The highest BCUT2D eigenvalue weighted by molar-refractivity contribution is 5.75. The summed E-state index contributed by atoms with van der Waals surface area (Å²) >= 11 is 0. The van der Waals surface area contributed by atoms with Crippen molar-refractivity contribution in [1.29, 1.82) is 0 Å². The van der Waals surface area contributed by atoms with Crippen LogP contribution in [0.1, 0.15) is 5.82 Å². The summed E-state index contributed by atoms with van der Waals surface area (Å²) in [5.41, 5.74) is 1.61. The number of benzene rings is 1. The van der Waals surface area contributed by atoms with Gasteiger partial charge in [-0.15, -0.1) is 0 Å². The predicted molar refractivity (Wildman–Crippen MR) is 53.4 cm³/mol. The van der Waals surface area contributed by atoms with Crippen LogP contribution in [-0.4, -0.2) is 32.3 Å². The van der Waals surface area contributed by atoms with E-state index in [0.717, 1.165) is 11.0 Å². The van der Waals surface area contributed by atoms with Gasteiger partial charge in [0.2, 0.25) is 0 Å². The fraction of sp³-hybridized carbons (Fsp3) is 0.200. The molecule has 0 spiro atoms. The molecule has 0 aliphatic heterocycles. The van der Waals surface area contributed by atoms with Crippen LogP contribution in [0, 0.1) is 0 Å². The highest BCUT2D eigenvalue weighted by Gasteiger charge is 2.15. The number of hydrogen-bond donors (Lipinski definition) is 3. The summed E-state index contributed by atoms with van der Waals surface area (Å²) in [6, 6.07) is 7.37. The Morgan fingerprint density at radius 2 is 2.20 bits per heavy atom. The van der Waals surface area contributed by atoms with Gasteiger partial charge in [-0.05, 0) is 12.1 Å². The van der Waals surface area contributed by atoms with E-state index in [1.165, 1.54) is 0 Å². The number of hydrogen-bond acceptors (Lipinski definition) is 3. The molecule has 0 aliphatic rings. The molecule has 0 saturated carbocycles. The molecule has 5 nitrogen and oxygen atoms in total. The number of carbonyl (C=O) groups is 1. The number of carboxylic acid groups (broad SMARTS) is 1. The molecule has 0 bridgehead atoms. The van der Waals surface area contributed by atoms with E-state index < -0.39 is 12.1 Å². The molecule has 5 heteroatoms. The number of carboxylic acids is 1. The van der Waals surface area contributed by atoms with E-state index in [9.17, 15) is 4.79 Å². The first kappa shape index (κ1) is 9.67. The molecule has 3 N–H and O–H groups in total. The lowest BCUT2D eigenvalue weighted by molar-refractivity contribution is -0.146. The molecule has 15 heavy (non-hydrogen) atoms. The number of aromatic amines is 1. The Kier molecular flexibility index (Phi) is 2.39. The van der Waals surface area contributed by atoms with E-state index in [4.69, 9.17) is 10.2 Å². The molecule has 1 heterocycles. The van der Waals surface area contributed by atoms with Gasteiger partial charge in [-0.1, -0.05) is 12.1 Å². The highest BCUT2D eigenvalue weighted by atomic mass is 16.4. The first-order valence-electron chi connectivity index (χ1n) is 4.51. The molecular formula is C10H10N2O3. The number of aliphatic hydroxyl groups excluding tert-OH is 1. The van der Waals surface area contributed by atoms with Crippen molar-refractivity contribution in [2.45, 2.75) is 12.5 Å². The quantitative estimate of drug-likeness (QED) is 0.684. The number of rotatable bonds is 3. The summed E-state index contributed by atoms with van der Waals surface area (Å²) in [5, 5.41) is 17.7. The zero-order valence-corrected chi connectivity index (χ0v) is 7.84. The van der Waals surface area contributed by atoms with E-state index in [2.05, 4.69) is 9.97 Å². The molecule has 2 aromatic rings. The summed E-state index contributed by atoms with van der Waals surface area (Å²) in [5.74, 6) is -0.762. The van der Waals surface area contributed by atoms with E-state index in [1.807, 2.05) is 24.3 Å². The lowest BCUT2D eigenvalue weighted by Crippen LogP contribution is -2.22. The second-order valence-corrected chi connectivity index (χ2v) is 3.26. The fourth-order valence-corrected chi connectivity index (χ4v) is 1.37. The zero-order valence-electron chi connectivity index (χ0n) is 7.84. The number of H-pyrrole nitrogens is 1. The van der Waals surface area contributed by atoms with Crippen LogP contribution in [0.3, 0.4) is 0 Å². The van der Waals surface area contributed by atoms with Crippen LogP contribution in [0.2, 0.25) is 0 Å². The second kappa shape index (κ2) is 3.70. The first-order chi connectivity index (χ1) is 7.16. The fourth-order valence-electron chi connectivity index (χ4n) is 1.37. The summed E-state index contributed by atoms with van der Waals surface area (Å²) in [6.45, 7) is 0. The third kappa shape index (κ3) is 1.97. The van der Waals surface area contributed by atoms with Gasteiger partial charge in [0.05, 0.1) is 11.0 Å². The zero-order chi connectivity index (χ0) is 10.8. The lowest BCUT2D eigenvalue weighted by atomic mass is 10.2. The van der Waals surface area contributed by atoms with Gasteiger partial charge in [0.15, 0.2) is 6.10 Å². The number of imidazole rings is 1. The number of nitrogens with one attached hydrogen (secondary N) is 1. The molecular weight excluding hydrogens is 196 g/mol. The number of aliphatic carboxylic acids is 1. The van der Waals surface area contributed by atoms with Crippen molar-refractivity contribution in [3.63, 3.8) is 0 Å². The Bertz CT molecular complexity index is 459. The third-order valence-electron chi connectivity index (χ3n) is 2.11. The number of nitrogens with zero attached hydrogens (tertiary/aromatic N) is 1. The summed E-state index contributed by atoms with van der Waals surface area (Å²) in [6.07, 6.45) is -1.42. The van der Waals surface area contributed by atoms with Gasteiger partial charge in [-0.3, -0.25) is 0 Å². The molecule has 78 valence electrons. The van der Waals surface area contributed by atoms with Gasteiger partial charge >= 0.3 is 5.97 Å². The van der Waals surface area contributed by atoms with Gasteiger partial charge in [0.25, 0.3) is 0 Å². The average molecular weight is 206 g/mol. The molecule has 0 saturated heterocycles. The Morgan fingerprint density at radius 3 is 2.87 bits per heavy atom. The molecule has 1 aromatic heterocycles. The van der Waals surface area contributed by atoms with Crippen LogP contribution < -0.4 is 0 Å². The average Bonchev–Trinajstić information content (AvgIpc) is 2.59. The van der Waals surface area contributed by atoms with Crippen molar-refractivity contribution in [2.24, 2.45) is 0 Å². The van der Waals surface area contributed by atoms with Gasteiger partial charge in [0.1, 0.15) is 5.82 Å². The summed E-state index contributed by atoms with van der Waals surface area (Å²) < 4.78 is 0. The van der Waals surface area contributed by atoms with E-state index in [1.54, 1.807) is 0 Å². The lowest BCUT2D eigenvalue weighted by Gasteiger charge is -2.00. The Hall–Kier alpha value is -1.88. The minimum Gasteiger partial charge on any atom is -0.479 e. The summed E-state index contributed by atoms with van der Waals surface area (Å²) in [7, 11) is 0. The Labute approximate surface area is 85.4 Å². The van der Waals surface area contributed by atoms with E-state index in [-0.39, 0.29) is 6.42 Å². The predicted octanol–water partition coefficient (Wildman–Crippen LogP) is 0.551. The molecule has 0 radical (unpaired) electrons. The normalized spacial score (nSPS) is 12.9. The Morgan fingerprint density at radius 1 is 1.47 bits per heavy atom. The van der Waals surface area contributed by atoms with Gasteiger partial charge in [-0.2, -0.15) is 0 Å². The van der Waals surface area contributed by atoms with Crippen molar-refractivity contribution in [1.82, 2.24) is 9.97 Å². The number of para-hydroxylation sites is 2. The molecule has 1 atom stereocenters. The van der Waals surface area contributed by atoms with Crippen molar-refractivity contribution in [3.8, 4) is 0 Å². The molecule has 1 unspecified atom stereocenters. The number of aromatic nitrogens is 2. The van der Waals surface area contributed by atoms with Gasteiger partial charge in [0, 0.05) is 6.42 Å². The first-order valence-corrected chi connectivity index (χ1v) is 4.51. The van der Waals surface area contributed by atoms with Gasteiger partial charge < -0.3 is 15.2 Å². The molecule has 0 amide bonds. The SMILES string of the molecule is O=C(O)C(O)Cc1nc2ccccc2[nH]1. The maximum atomic E-state index is 10.4. The summed E-state index contributed by atoms with van der Waals surface area (Å²) in [4.78, 5) is 17.5. The topological polar surface area (TPSA) is 86.2 Å². The smallest absolute Gasteiger partial charge is 0.332 e. The maximum Gasteiger partial charge on any atom is 0.332 e. The van der Waals surface area contributed by atoms with Crippen molar-refractivity contribution in [3.05, 3.63) is 30.1 Å².